The lowest BCUT2D eigenvalue weighted by atomic mass is 9.86. The summed E-state index contributed by atoms with van der Waals surface area (Å²) >= 11 is 0. The van der Waals surface area contributed by atoms with E-state index in [4.69, 9.17) is 4.74 Å². The number of ether oxygens (including phenoxy) is 1. The fourth-order valence-electron chi connectivity index (χ4n) is 4.88. The molecule has 0 saturated carbocycles. The van der Waals surface area contributed by atoms with Crippen molar-refractivity contribution in [1.82, 2.24) is 14.9 Å². The normalized spacial score (nSPS) is 15.9. The van der Waals surface area contributed by atoms with Crippen molar-refractivity contribution in [2.75, 3.05) is 19.7 Å². The van der Waals surface area contributed by atoms with Crippen molar-refractivity contribution in [3.63, 3.8) is 0 Å². The largest absolute Gasteiger partial charge is 0.490 e. The summed E-state index contributed by atoms with van der Waals surface area (Å²) in [5, 5.41) is 0. The van der Waals surface area contributed by atoms with Crippen LogP contribution in [0.3, 0.4) is 0 Å². The van der Waals surface area contributed by atoms with Crippen LogP contribution in [0, 0.1) is 32.4 Å². The molecule has 1 aromatic heterocycles. The number of hydrogen-bond acceptors (Lipinski definition) is 4. The summed E-state index contributed by atoms with van der Waals surface area (Å²) in [7, 11) is 0. The Morgan fingerprint density at radius 1 is 1.08 bits per heavy atom. The molecule has 196 valence electrons. The number of nitrogens with zero attached hydrogens (tertiary/aromatic N) is 3. The molecule has 5 nitrogen and oxygen atoms in total. The van der Waals surface area contributed by atoms with Crippen LogP contribution in [0.5, 0.6) is 5.75 Å². The van der Waals surface area contributed by atoms with Crippen molar-refractivity contribution in [1.29, 1.82) is 0 Å². The molecular weight excluding hydrogens is 479 g/mol. The van der Waals surface area contributed by atoms with Crippen molar-refractivity contribution in [3.05, 3.63) is 88.0 Å². The average molecular weight is 512 g/mol. The van der Waals surface area contributed by atoms with Crippen molar-refractivity contribution in [2.24, 2.45) is 0 Å². The molecule has 4 rings (SSSR count). The van der Waals surface area contributed by atoms with Crippen LogP contribution in [0.15, 0.2) is 42.6 Å². The van der Waals surface area contributed by atoms with Crippen molar-refractivity contribution < 1.29 is 22.7 Å². The summed E-state index contributed by atoms with van der Waals surface area (Å²) < 4.78 is 49.9. The monoisotopic (exact) mass is 511 g/mol. The first-order valence-electron chi connectivity index (χ1n) is 12.5. The molecule has 0 bridgehead atoms. The molecule has 0 N–H and O–H groups in total. The van der Waals surface area contributed by atoms with Gasteiger partial charge in [-0.2, -0.15) is 0 Å². The number of hydrogen-bond donors (Lipinski definition) is 0. The van der Waals surface area contributed by atoms with E-state index in [1.165, 1.54) is 19.2 Å². The molecule has 2 heterocycles. The summed E-state index contributed by atoms with van der Waals surface area (Å²) in [6, 6.07) is 9.34. The number of halogens is 3. The average Bonchev–Trinajstić information content (AvgIpc) is 2.84. The van der Waals surface area contributed by atoms with Crippen molar-refractivity contribution in [3.8, 4) is 5.75 Å². The van der Waals surface area contributed by atoms with E-state index in [-0.39, 0.29) is 30.4 Å². The van der Waals surface area contributed by atoms with Gasteiger partial charge in [-0.1, -0.05) is 12.1 Å². The lowest BCUT2D eigenvalue weighted by Crippen LogP contribution is -2.39. The van der Waals surface area contributed by atoms with Crippen LogP contribution in [0.4, 0.5) is 13.2 Å². The Balaban J connectivity index is 1.45. The first kappa shape index (κ1) is 26.6. The lowest BCUT2D eigenvalue weighted by Gasteiger charge is -2.34. The van der Waals surface area contributed by atoms with Crippen LogP contribution in [0.2, 0.25) is 0 Å². The Labute approximate surface area is 215 Å². The molecule has 1 amide bonds. The van der Waals surface area contributed by atoms with E-state index in [2.05, 4.69) is 9.97 Å². The predicted octanol–water partition coefficient (Wildman–Crippen LogP) is 5.89. The van der Waals surface area contributed by atoms with E-state index in [1.807, 2.05) is 32.0 Å². The van der Waals surface area contributed by atoms with Crippen LogP contribution in [-0.2, 0) is 16.9 Å². The smallest absolute Gasteiger partial charge is 0.227 e. The first-order chi connectivity index (χ1) is 17.5. The molecule has 37 heavy (non-hydrogen) atoms. The number of carbonyl (C=O) groups excluding carboxylic acids is 1. The first-order valence-corrected chi connectivity index (χ1v) is 12.5. The number of likely N-dealkylation sites (tertiary alicyclic amines) is 1. The van der Waals surface area contributed by atoms with Gasteiger partial charge in [0.25, 0.3) is 0 Å². The van der Waals surface area contributed by atoms with E-state index in [9.17, 15) is 13.6 Å². The van der Waals surface area contributed by atoms with Gasteiger partial charge in [0.2, 0.25) is 5.91 Å². The summed E-state index contributed by atoms with van der Waals surface area (Å²) in [6.07, 6.45) is 2.31. The molecule has 1 saturated heterocycles. The quantitative estimate of drug-likeness (QED) is 0.397. The number of piperidine rings is 1. The highest BCUT2D eigenvalue weighted by atomic mass is 19.1. The zero-order chi connectivity index (χ0) is 26.7. The number of benzene rings is 2. The second-order valence-corrected chi connectivity index (χ2v) is 10.1. The molecule has 2 aromatic carbocycles. The maximum atomic E-state index is 16.0. The second kappa shape index (κ2) is 10.9. The van der Waals surface area contributed by atoms with Gasteiger partial charge in [0, 0.05) is 36.3 Å². The van der Waals surface area contributed by atoms with Gasteiger partial charge in [0.05, 0.1) is 12.1 Å². The van der Waals surface area contributed by atoms with Gasteiger partial charge in [-0.25, -0.2) is 23.1 Å². The molecule has 8 heteroatoms. The van der Waals surface area contributed by atoms with Crippen molar-refractivity contribution in [2.45, 2.75) is 58.5 Å². The number of alkyl halides is 1. The van der Waals surface area contributed by atoms with Crippen LogP contribution >= 0.6 is 0 Å². The molecule has 1 aliphatic heterocycles. The highest BCUT2D eigenvalue weighted by Crippen LogP contribution is 2.36. The summed E-state index contributed by atoms with van der Waals surface area (Å²) in [4.78, 5) is 23.2. The number of amides is 1. The molecule has 0 spiro atoms. The minimum atomic E-state index is -1.84. The van der Waals surface area contributed by atoms with Gasteiger partial charge in [0.1, 0.15) is 29.8 Å². The molecule has 0 aliphatic carbocycles. The zero-order valence-electron chi connectivity index (χ0n) is 21.7. The molecular formula is C29H32F3N3O2. The summed E-state index contributed by atoms with van der Waals surface area (Å²) in [6.45, 7) is 7.75. The van der Waals surface area contributed by atoms with E-state index in [0.29, 0.717) is 48.8 Å². The van der Waals surface area contributed by atoms with E-state index in [1.54, 1.807) is 11.8 Å². The number of aromatic nitrogens is 2. The summed E-state index contributed by atoms with van der Waals surface area (Å²) in [5.74, 6) is -0.724. The number of aryl methyl sites for hydroxylation is 3. The van der Waals surface area contributed by atoms with Crippen molar-refractivity contribution >= 4 is 5.91 Å². The Bertz CT molecular complexity index is 1250. The second-order valence-electron chi connectivity index (χ2n) is 10.1. The van der Waals surface area contributed by atoms with E-state index < -0.39 is 17.3 Å². The van der Waals surface area contributed by atoms with Crippen LogP contribution in [-0.4, -0.2) is 40.5 Å². The fourth-order valence-corrected chi connectivity index (χ4v) is 4.88. The van der Waals surface area contributed by atoms with Gasteiger partial charge in [-0.05, 0) is 75.9 Å². The standard InChI is InChI=1S/C29H32F3N3O2/c1-18-12-19(2)14-22(13-18)37-17-29(4,32)24-16-33-20(3)34-28(24)21-8-10-35(11-9-21)27(36)15-23-25(30)6-5-7-26(23)31/h5-7,12-14,16,21H,8-11,15,17H2,1-4H3. The van der Waals surface area contributed by atoms with Gasteiger partial charge in [-0.15, -0.1) is 0 Å². The Hall–Kier alpha value is -3.42. The fraction of sp³-hybridized carbons (Fsp3) is 0.414. The third-order valence-corrected chi connectivity index (χ3v) is 6.83. The van der Waals surface area contributed by atoms with E-state index in [0.717, 1.165) is 23.3 Å². The minimum absolute atomic E-state index is 0.0813. The third-order valence-electron chi connectivity index (χ3n) is 6.83. The molecule has 1 aliphatic rings. The van der Waals surface area contributed by atoms with Gasteiger partial charge in [0.15, 0.2) is 5.67 Å². The van der Waals surface area contributed by atoms with Crippen LogP contribution in [0.1, 0.15) is 59.5 Å². The Morgan fingerprint density at radius 3 is 2.32 bits per heavy atom. The SMILES string of the molecule is Cc1cc(C)cc(OCC(C)(F)c2cnc(C)nc2C2CCN(C(=O)Cc3c(F)cccc3F)CC2)c1. The Kier molecular flexibility index (Phi) is 7.85. The Morgan fingerprint density at radius 2 is 1.70 bits per heavy atom. The van der Waals surface area contributed by atoms with Crippen LogP contribution < -0.4 is 4.74 Å². The topological polar surface area (TPSA) is 55.3 Å². The maximum absolute atomic E-state index is 16.0. The molecule has 0 radical (unpaired) electrons. The van der Waals surface area contributed by atoms with Gasteiger partial charge in [-0.3, -0.25) is 4.79 Å². The summed E-state index contributed by atoms with van der Waals surface area (Å²) in [5.41, 5.74) is 1.01. The minimum Gasteiger partial charge on any atom is -0.490 e. The number of carbonyl (C=O) groups is 1. The third kappa shape index (κ3) is 6.29. The highest BCUT2D eigenvalue weighted by molar-refractivity contribution is 5.79. The maximum Gasteiger partial charge on any atom is 0.227 e. The predicted molar refractivity (Wildman–Crippen MR) is 135 cm³/mol. The molecule has 1 fully saturated rings. The lowest BCUT2D eigenvalue weighted by molar-refractivity contribution is -0.131. The van der Waals surface area contributed by atoms with E-state index >= 15 is 4.39 Å². The van der Waals surface area contributed by atoms with Gasteiger partial charge >= 0.3 is 0 Å². The number of rotatable bonds is 7. The van der Waals surface area contributed by atoms with Gasteiger partial charge < -0.3 is 9.64 Å². The van der Waals surface area contributed by atoms with Crippen LogP contribution in [0.25, 0.3) is 0 Å². The molecule has 1 atom stereocenters. The molecule has 3 aromatic rings. The molecule has 1 unspecified atom stereocenters. The highest BCUT2D eigenvalue weighted by Gasteiger charge is 2.35. The zero-order valence-corrected chi connectivity index (χ0v) is 21.7.